The summed E-state index contributed by atoms with van der Waals surface area (Å²) in [7, 11) is 0. The highest BCUT2D eigenvalue weighted by Crippen LogP contribution is 2.28. The third kappa shape index (κ3) is 3.49. The van der Waals surface area contributed by atoms with Crippen LogP contribution in [0.15, 0.2) is 85.2 Å². The Morgan fingerprint density at radius 1 is 0.900 bits per heavy atom. The second-order valence-electron chi connectivity index (χ2n) is 6.92. The van der Waals surface area contributed by atoms with Gasteiger partial charge in [-0.25, -0.2) is 9.97 Å². The molecule has 1 N–H and O–H groups in total. The number of anilines is 1. The summed E-state index contributed by atoms with van der Waals surface area (Å²) in [4.78, 5) is 22.6. The quantitative estimate of drug-likeness (QED) is 0.414. The standard InChI is InChI=1S/C24H18N4OS/c1-16-22(30-24(25-16)18-7-3-2-4-8-18)23(29)26-19-12-10-17(11-13-19)20-15-28-14-6-5-9-21(28)27-20/h2-15H,1H3,(H,26,29). The molecule has 0 radical (unpaired) electrons. The average molecular weight is 411 g/mol. The number of aromatic nitrogens is 3. The maximum Gasteiger partial charge on any atom is 0.267 e. The number of hydrogen-bond donors (Lipinski definition) is 1. The summed E-state index contributed by atoms with van der Waals surface area (Å²) in [6, 6.07) is 23.5. The highest BCUT2D eigenvalue weighted by Gasteiger charge is 2.16. The molecule has 3 aromatic heterocycles. The molecule has 0 aliphatic carbocycles. The van der Waals surface area contributed by atoms with Gasteiger partial charge >= 0.3 is 0 Å². The van der Waals surface area contributed by atoms with Crippen LogP contribution in [0.3, 0.4) is 0 Å². The molecule has 0 fully saturated rings. The molecule has 5 aromatic rings. The number of carbonyl (C=O) groups is 1. The van der Waals surface area contributed by atoms with Crippen molar-refractivity contribution in [2.75, 3.05) is 5.32 Å². The van der Waals surface area contributed by atoms with Gasteiger partial charge in [-0.15, -0.1) is 11.3 Å². The largest absolute Gasteiger partial charge is 0.321 e. The number of aryl methyl sites for hydroxylation is 1. The molecule has 3 heterocycles. The molecule has 2 aromatic carbocycles. The van der Waals surface area contributed by atoms with Crippen molar-refractivity contribution in [3.63, 3.8) is 0 Å². The van der Waals surface area contributed by atoms with Crippen molar-refractivity contribution >= 4 is 28.6 Å². The van der Waals surface area contributed by atoms with E-state index in [9.17, 15) is 4.79 Å². The van der Waals surface area contributed by atoms with Gasteiger partial charge in [-0.1, -0.05) is 48.5 Å². The highest BCUT2D eigenvalue weighted by molar-refractivity contribution is 7.17. The van der Waals surface area contributed by atoms with Crippen molar-refractivity contribution in [3.8, 4) is 21.8 Å². The average Bonchev–Trinajstić information content (AvgIpc) is 3.38. The molecule has 5 nitrogen and oxygen atoms in total. The topological polar surface area (TPSA) is 59.3 Å². The first-order chi connectivity index (χ1) is 14.7. The smallest absolute Gasteiger partial charge is 0.267 e. The first kappa shape index (κ1) is 18.3. The molecule has 0 saturated heterocycles. The lowest BCUT2D eigenvalue weighted by molar-refractivity contribution is 0.103. The number of rotatable bonds is 4. The van der Waals surface area contributed by atoms with Crippen molar-refractivity contribution in [2.45, 2.75) is 6.92 Å². The van der Waals surface area contributed by atoms with Crippen molar-refractivity contribution in [3.05, 3.63) is 95.8 Å². The first-order valence-electron chi connectivity index (χ1n) is 9.56. The fourth-order valence-corrected chi connectivity index (χ4v) is 4.26. The van der Waals surface area contributed by atoms with E-state index < -0.39 is 0 Å². The van der Waals surface area contributed by atoms with E-state index in [1.165, 1.54) is 11.3 Å². The Morgan fingerprint density at radius 2 is 1.67 bits per heavy atom. The summed E-state index contributed by atoms with van der Waals surface area (Å²) in [5.74, 6) is -0.146. The van der Waals surface area contributed by atoms with E-state index in [1.54, 1.807) is 0 Å². The van der Waals surface area contributed by atoms with Crippen LogP contribution in [0, 0.1) is 6.92 Å². The summed E-state index contributed by atoms with van der Waals surface area (Å²) >= 11 is 1.41. The summed E-state index contributed by atoms with van der Waals surface area (Å²) in [6.07, 6.45) is 3.97. The Bertz CT molecular complexity index is 1300. The third-order valence-corrected chi connectivity index (χ3v) is 6.03. The normalized spacial score (nSPS) is 11.0. The number of imidazole rings is 1. The van der Waals surface area contributed by atoms with Gasteiger partial charge in [0.25, 0.3) is 5.91 Å². The lowest BCUT2D eigenvalue weighted by Gasteiger charge is -2.05. The van der Waals surface area contributed by atoms with Gasteiger partial charge in [0.15, 0.2) is 0 Å². The Kier molecular flexibility index (Phi) is 4.61. The van der Waals surface area contributed by atoms with Gasteiger partial charge in [0.1, 0.15) is 15.5 Å². The minimum Gasteiger partial charge on any atom is -0.321 e. The van der Waals surface area contributed by atoms with Crippen molar-refractivity contribution in [1.82, 2.24) is 14.4 Å². The Balaban J connectivity index is 1.35. The van der Waals surface area contributed by atoms with Gasteiger partial charge in [-0.05, 0) is 31.2 Å². The molecular formula is C24H18N4OS. The molecule has 0 aliphatic rings. The molecule has 0 aliphatic heterocycles. The van der Waals surface area contributed by atoms with Crippen LogP contribution < -0.4 is 5.32 Å². The molecule has 5 rings (SSSR count). The van der Waals surface area contributed by atoms with E-state index in [4.69, 9.17) is 0 Å². The van der Waals surface area contributed by atoms with Crippen molar-refractivity contribution in [2.24, 2.45) is 0 Å². The van der Waals surface area contributed by atoms with Crippen molar-refractivity contribution < 1.29 is 4.79 Å². The minimum absolute atomic E-state index is 0.146. The SMILES string of the molecule is Cc1nc(-c2ccccc2)sc1C(=O)Nc1ccc(-c2cn3ccccc3n2)cc1. The molecule has 146 valence electrons. The fourth-order valence-electron chi connectivity index (χ4n) is 3.30. The van der Waals surface area contributed by atoms with E-state index >= 15 is 0 Å². The zero-order chi connectivity index (χ0) is 20.5. The van der Waals surface area contributed by atoms with E-state index in [1.807, 2.05) is 96.5 Å². The number of fused-ring (bicyclic) bond motifs is 1. The monoisotopic (exact) mass is 410 g/mol. The summed E-state index contributed by atoms with van der Waals surface area (Å²) in [5, 5.41) is 3.82. The van der Waals surface area contributed by atoms with Crippen molar-refractivity contribution in [1.29, 1.82) is 0 Å². The van der Waals surface area contributed by atoms with Gasteiger partial charge in [-0.2, -0.15) is 0 Å². The Morgan fingerprint density at radius 3 is 2.43 bits per heavy atom. The van der Waals surface area contributed by atoms with E-state index in [-0.39, 0.29) is 5.91 Å². The van der Waals surface area contributed by atoms with E-state index in [0.29, 0.717) is 4.88 Å². The molecule has 0 spiro atoms. The summed E-state index contributed by atoms with van der Waals surface area (Å²) in [5.41, 5.74) is 5.28. The minimum atomic E-state index is -0.146. The number of amides is 1. The number of benzene rings is 2. The number of pyridine rings is 1. The van der Waals surface area contributed by atoms with Gasteiger partial charge in [0, 0.05) is 29.2 Å². The predicted molar refractivity (Wildman–Crippen MR) is 121 cm³/mol. The zero-order valence-electron chi connectivity index (χ0n) is 16.2. The lowest BCUT2D eigenvalue weighted by Crippen LogP contribution is -2.11. The second-order valence-corrected chi connectivity index (χ2v) is 7.92. The molecule has 0 atom stereocenters. The van der Waals surface area contributed by atoms with Crippen LogP contribution in [0.5, 0.6) is 0 Å². The van der Waals surface area contributed by atoms with Gasteiger partial charge in [0.05, 0.1) is 11.4 Å². The molecular weight excluding hydrogens is 392 g/mol. The Hall–Kier alpha value is -3.77. The Labute approximate surface area is 177 Å². The molecule has 30 heavy (non-hydrogen) atoms. The number of nitrogens with one attached hydrogen (secondary N) is 1. The molecule has 0 saturated carbocycles. The number of nitrogens with zero attached hydrogens (tertiary/aromatic N) is 3. The van der Waals surface area contributed by atoms with Gasteiger partial charge < -0.3 is 9.72 Å². The molecule has 0 unspecified atom stereocenters. The van der Waals surface area contributed by atoms with Crippen LogP contribution in [-0.2, 0) is 0 Å². The molecule has 6 heteroatoms. The number of hydrogen-bond acceptors (Lipinski definition) is 4. The van der Waals surface area contributed by atoms with Crippen LogP contribution in [0.1, 0.15) is 15.4 Å². The third-order valence-electron chi connectivity index (χ3n) is 4.83. The van der Waals surface area contributed by atoms with Crippen LogP contribution in [0.25, 0.3) is 27.5 Å². The highest BCUT2D eigenvalue weighted by atomic mass is 32.1. The first-order valence-corrected chi connectivity index (χ1v) is 10.4. The number of carbonyl (C=O) groups excluding carboxylic acids is 1. The van der Waals surface area contributed by atoms with Gasteiger partial charge in [-0.3, -0.25) is 4.79 Å². The van der Waals surface area contributed by atoms with Gasteiger partial charge in [0.2, 0.25) is 0 Å². The number of thiazole rings is 1. The fraction of sp³-hybridized carbons (Fsp3) is 0.0417. The van der Waals surface area contributed by atoms with Crippen LogP contribution in [0.2, 0.25) is 0 Å². The van der Waals surface area contributed by atoms with Crippen LogP contribution in [-0.4, -0.2) is 20.3 Å². The zero-order valence-corrected chi connectivity index (χ0v) is 17.1. The summed E-state index contributed by atoms with van der Waals surface area (Å²) < 4.78 is 1.99. The van der Waals surface area contributed by atoms with E-state index in [2.05, 4.69) is 15.3 Å². The lowest BCUT2D eigenvalue weighted by atomic mass is 10.1. The maximum atomic E-state index is 12.8. The van der Waals surface area contributed by atoms with E-state index in [0.717, 1.165) is 38.9 Å². The molecule has 1 amide bonds. The van der Waals surface area contributed by atoms with Crippen LogP contribution >= 0.6 is 11.3 Å². The molecule has 0 bridgehead atoms. The van der Waals surface area contributed by atoms with Crippen LogP contribution in [0.4, 0.5) is 5.69 Å². The predicted octanol–water partition coefficient (Wildman–Crippen LogP) is 5.69. The maximum absolute atomic E-state index is 12.8. The summed E-state index contributed by atoms with van der Waals surface area (Å²) in [6.45, 7) is 1.87. The second kappa shape index (κ2) is 7.57.